The molecule has 0 saturated heterocycles. The van der Waals surface area contributed by atoms with Gasteiger partial charge in [0.2, 0.25) is 0 Å². The van der Waals surface area contributed by atoms with E-state index in [0.29, 0.717) is 27.4 Å². The summed E-state index contributed by atoms with van der Waals surface area (Å²) in [6.45, 7) is 1.89. The van der Waals surface area contributed by atoms with Gasteiger partial charge in [0, 0.05) is 10.9 Å². The van der Waals surface area contributed by atoms with E-state index >= 15 is 0 Å². The van der Waals surface area contributed by atoms with Crippen LogP contribution in [0.4, 0.5) is 14.5 Å². The van der Waals surface area contributed by atoms with Crippen molar-refractivity contribution in [3.8, 4) is 16.5 Å². The maximum absolute atomic E-state index is 13.2. The van der Waals surface area contributed by atoms with Gasteiger partial charge in [0.25, 0.3) is 0 Å². The Labute approximate surface area is 107 Å². The lowest BCUT2D eigenvalue weighted by atomic mass is 10.1. The van der Waals surface area contributed by atoms with Gasteiger partial charge in [0.1, 0.15) is 22.6 Å². The van der Waals surface area contributed by atoms with Crippen LogP contribution in [0.5, 0.6) is 0 Å². The van der Waals surface area contributed by atoms with Crippen LogP contribution in [-0.2, 0) is 6.42 Å². The molecule has 0 spiro atoms. The molecule has 0 bridgehead atoms. The lowest BCUT2D eigenvalue weighted by Crippen LogP contribution is -1.92. The molecule has 2 nitrogen and oxygen atoms in total. The summed E-state index contributed by atoms with van der Waals surface area (Å²) in [6, 6.07) is 5.30. The highest BCUT2D eigenvalue weighted by Gasteiger charge is 2.16. The number of nitrogen functional groups attached to an aromatic ring is 1. The number of hydrogen-bond donors (Lipinski definition) is 1. The molecular formula is C13H10F2N2S. The van der Waals surface area contributed by atoms with Gasteiger partial charge in [-0.05, 0) is 29.7 Å². The van der Waals surface area contributed by atoms with Crippen LogP contribution >= 0.6 is 11.3 Å². The number of thiophene rings is 1. The van der Waals surface area contributed by atoms with Crippen LogP contribution in [0.3, 0.4) is 0 Å². The van der Waals surface area contributed by atoms with Crippen molar-refractivity contribution in [2.45, 2.75) is 13.3 Å². The van der Waals surface area contributed by atoms with Crippen LogP contribution in [0.1, 0.15) is 17.4 Å². The molecule has 92 valence electrons. The lowest BCUT2D eigenvalue weighted by molar-refractivity contribution is 0.584. The van der Waals surface area contributed by atoms with Crippen LogP contribution in [0, 0.1) is 23.0 Å². The summed E-state index contributed by atoms with van der Waals surface area (Å²) in [5.74, 6) is -1.28. The molecule has 1 aromatic heterocycles. The van der Waals surface area contributed by atoms with Crippen molar-refractivity contribution in [2.75, 3.05) is 5.73 Å². The van der Waals surface area contributed by atoms with Crippen molar-refractivity contribution >= 4 is 17.0 Å². The Balaban J connectivity index is 2.67. The largest absolute Gasteiger partial charge is 0.397 e. The summed E-state index contributed by atoms with van der Waals surface area (Å²) in [5.41, 5.74) is 7.43. The number of benzene rings is 1. The van der Waals surface area contributed by atoms with Crippen molar-refractivity contribution in [1.82, 2.24) is 0 Å². The lowest BCUT2D eigenvalue weighted by Gasteiger charge is -2.03. The first-order valence-electron chi connectivity index (χ1n) is 5.34. The normalized spacial score (nSPS) is 10.3. The van der Waals surface area contributed by atoms with Crippen LogP contribution in [0.25, 0.3) is 10.4 Å². The summed E-state index contributed by atoms with van der Waals surface area (Å²) >= 11 is 1.16. The Morgan fingerprint density at radius 1 is 1.28 bits per heavy atom. The number of nitriles is 1. The summed E-state index contributed by atoms with van der Waals surface area (Å²) < 4.78 is 26.4. The summed E-state index contributed by atoms with van der Waals surface area (Å²) in [5, 5.41) is 8.94. The molecule has 0 saturated carbocycles. The molecule has 0 aliphatic rings. The summed E-state index contributed by atoms with van der Waals surface area (Å²) in [6.07, 6.45) is 0.609. The molecule has 0 unspecified atom stereocenters. The minimum Gasteiger partial charge on any atom is -0.397 e. The van der Waals surface area contributed by atoms with Crippen molar-refractivity contribution < 1.29 is 8.78 Å². The van der Waals surface area contributed by atoms with Gasteiger partial charge in [-0.2, -0.15) is 5.26 Å². The number of nitrogens with two attached hydrogens (primary N) is 1. The first kappa shape index (κ1) is 12.5. The Kier molecular flexibility index (Phi) is 3.30. The first-order chi connectivity index (χ1) is 8.56. The summed E-state index contributed by atoms with van der Waals surface area (Å²) in [4.78, 5) is 1.04. The Morgan fingerprint density at radius 2 is 1.89 bits per heavy atom. The number of rotatable bonds is 2. The van der Waals surface area contributed by atoms with Gasteiger partial charge in [-0.3, -0.25) is 0 Å². The Hall–Kier alpha value is -1.93. The van der Waals surface area contributed by atoms with E-state index in [9.17, 15) is 8.78 Å². The van der Waals surface area contributed by atoms with E-state index < -0.39 is 11.6 Å². The van der Waals surface area contributed by atoms with E-state index in [2.05, 4.69) is 0 Å². The van der Waals surface area contributed by atoms with Gasteiger partial charge in [-0.1, -0.05) is 6.92 Å². The molecule has 0 atom stereocenters. The van der Waals surface area contributed by atoms with Crippen LogP contribution in [0.15, 0.2) is 18.2 Å². The second-order valence-electron chi connectivity index (χ2n) is 3.78. The van der Waals surface area contributed by atoms with Gasteiger partial charge < -0.3 is 5.73 Å². The highest BCUT2D eigenvalue weighted by atomic mass is 32.1. The molecular weight excluding hydrogens is 254 g/mol. The van der Waals surface area contributed by atoms with Crippen LogP contribution in [-0.4, -0.2) is 0 Å². The fourth-order valence-electron chi connectivity index (χ4n) is 1.83. The van der Waals surface area contributed by atoms with E-state index in [-0.39, 0.29) is 0 Å². The van der Waals surface area contributed by atoms with Gasteiger partial charge >= 0.3 is 0 Å². The SMILES string of the molecule is CCc1c(-c2cc(F)cc(F)c2)sc(C#N)c1N. The van der Waals surface area contributed by atoms with E-state index in [1.54, 1.807) is 0 Å². The zero-order chi connectivity index (χ0) is 13.3. The summed E-state index contributed by atoms with van der Waals surface area (Å²) in [7, 11) is 0. The van der Waals surface area contributed by atoms with Gasteiger partial charge in [-0.25, -0.2) is 8.78 Å². The predicted octanol–water partition coefficient (Wildman–Crippen LogP) is 3.71. The molecule has 2 N–H and O–H groups in total. The molecule has 1 aromatic carbocycles. The molecule has 18 heavy (non-hydrogen) atoms. The molecule has 1 heterocycles. The molecule has 2 aromatic rings. The third kappa shape index (κ3) is 2.07. The predicted molar refractivity (Wildman–Crippen MR) is 68.2 cm³/mol. The topological polar surface area (TPSA) is 49.8 Å². The zero-order valence-electron chi connectivity index (χ0n) is 9.63. The molecule has 0 radical (unpaired) electrons. The van der Waals surface area contributed by atoms with E-state index in [0.717, 1.165) is 23.0 Å². The third-order valence-corrected chi connectivity index (χ3v) is 3.83. The third-order valence-electron chi connectivity index (χ3n) is 2.63. The highest BCUT2D eigenvalue weighted by Crippen LogP contribution is 2.39. The van der Waals surface area contributed by atoms with E-state index in [1.807, 2.05) is 13.0 Å². The molecule has 0 aliphatic heterocycles. The van der Waals surface area contributed by atoms with Crippen LogP contribution in [0.2, 0.25) is 0 Å². The van der Waals surface area contributed by atoms with Crippen molar-refractivity contribution in [1.29, 1.82) is 5.26 Å². The smallest absolute Gasteiger partial charge is 0.128 e. The second-order valence-corrected chi connectivity index (χ2v) is 4.80. The minimum absolute atomic E-state index is 0.381. The number of halogens is 2. The quantitative estimate of drug-likeness (QED) is 0.898. The van der Waals surface area contributed by atoms with Crippen molar-refractivity contribution in [3.05, 3.63) is 40.3 Å². The fourth-order valence-corrected chi connectivity index (χ4v) is 2.93. The number of nitrogens with zero attached hydrogens (tertiary/aromatic N) is 1. The number of hydrogen-bond acceptors (Lipinski definition) is 3. The molecule has 2 rings (SSSR count). The standard InChI is InChI=1S/C13H10F2N2S/c1-2-10-12(17)11(6-16)18-13(10)7-3-8(14)5-9(15)4-7/h3-5H,2,17H2,1H3. The zero-order valence-corrected chi connectivity index (χ0v) is 10.4. The monoisotopic (exact) mass is 264 g/mol. The van der Waals surface area contributed by atoms with Crippen molar-refractivity contribution in [2.24, 2.45) is 0 Å². The van der Waals surface area contributed by atoms with E-state index in [1.165, 1.54) is 12.1 Å². The van der Waals surface area contributed by atoms with Crippen molar-refractivity contribution in [3.63, 3.8) is 0 Å². The average Bonchev–Trinajstić information content (AvgIpc) is 2.64. The maximum Gasteiger partial charge on any atom is 0.128 e. The second kappa shape index (κ2) is 4.75. The molecule has 0 fully saturated rings. The van der Waals surface area contributed by atoms with E-state index in [4.69, 9.17) is 11.0 Å². The Bertz CT molecular complexity index is 621. The first-order valence-corrected chi connectivity index (χ1v) is 6.16. The fraction of sp³-hybridized carbons (Fsp3) is 0.154. The minimum atomic E-state index is -0.641. The highest BCUT2D eigenvalue weighted by molar-refractivity contribution is 7.16. The van der Waals surface area contributed by atoms with Crippen LogP contribution < -0.4 is 5.73 Å². The maximum atomic E-state index is 13.2. The average molecular weight is 264 g/mol. The van der Waals surface area contributed by atoms with Gasteiger partial charge in [-0.15, -0.1) is 11.3 Å². The van der Waals surface area contributed by atoms with Gasteiger partial charge in [0.05, 0.1) is 5.69 Å². The Morgan fingerprint density at radius 3 is 2.39 bits per heavy atom. The van der Waals surface area contributed by atoms with Gasteiger partial charge in [0.15, 0.2) is 0 Å². The molecule has 0 aliphatic carbocycles. The number of anilines is 1. The molecule has 0 amide bonds. The molecule has 5 heteroatoms.